The lowest BCUT2D eigenvalue weighted by Crippen LogP contribution is -2.55. The molecule has 0 bridgehead atoms. The van der Waals surface area contributed by atoms with E-state index in [1.807, 2.05) is 11.9 Å². The summed E-state index contributed by atoms with van der Waals surface area (Å²) in [5.74, 6) is 0.612. The smallest absolute Gasteiger partial charge is 0.322 e. The van der Waals surface area contributed by atoms with Gasteiger partial charge in [0, 0.05) is 19.6 Å². The van der Waals surface area contributed by atoms with Crippen molar-refractivity contribution in [3.63, 3.8) is 0 Å². The molecule has 0 unspecified atom stereocenters. The summed E-state index contributed by atoms with van der Waals surface area (Å²) in [4.78, 5) is 16.3. The summed E-state index contributed by atoms with van der Waals surface area (Å²) in [6, 6.07) is 12.5. The highest BCUT2D eigenvalue weighted by molar-refractivity contribution is 5.91. The minimum Gasteiger partial charge on any atom is -0.455 e. The van der Waals surface area contributed by atoms with Crippen molar-refractivity contribution in [2.45, 2.75) is 6.04 Å². The lowest BCUT2D eigenvalue weighted by atomic mass is 10.2. The number of nitrogens with one attached hydrogen (secondary N) is 1. The summed E-state index contributed by atoms with van der Waals surface area (Å²) in [5.41, 5.74) is 0.529. The van der Waals surface area contributed by atoms with Gasteiger partial charge in [-0.3, -0.25) is 4.90 Å². The largest absolute Gasteiger partial charge is 0.455 e. The standard InChI is InChI=1S/C19H22FN3O3/c1-22-10-11-23(12-15(22)13-24)19(25)21-17-4-2-3-5-18(17)26-16-8-6-14(20)7-9-16/h2-9,15,24H,10-13H2,1H3,(H,21,25)/t15-/m1/s1. The lowest BCUT2D eigenvalue weighted by molar-refractivity contribution is 0.0754. The fourth-order valence-electron chi connectivity index (χ4n) is 2.81. The number of carbonyl (C=O) groups is 1. The normalized spacial score (nSPS) is 17.8. The van der Waals surface area contributed by atoms with Crippen molar-refractivity contribution in [3.8, 4) is 11.5 Å². The van der Waals surface area contributed by atoms with Crippen LogP contribution < -0.4 is 10.1 Å². The van der Waals surface area contributed by atoms with Gasteiger partial charge >= 0.3 is 6.03 Å². The Balaban J connectivity index is 1.69. The monoisotopic (exact) mass is 359 g/mol. The highest BCUT2D eigenvalue weighted by Crippen LogP contribution is 2.29. The second-order valence-electron chi connectivity index (χ2n) is 6.25. The highest BCUT2D eigenvalue weighted by Gasteiger charge is 2.27. The molecule has 2 aromatic rings. The molecular weight excluding hydrogens is 337 g/mol. The first-order valence-electron chi connectivity index (χ1n) is 8.46. The quantitative estimate of drug-likeness (QED) is 0.881. The number of ether oxygens (including phenoxy) is 1. The van der Waals surface area contributed by atoms with Crippen molar-refractivity contribution in [2.24, 2.45) is 0 Å². The number of amides is 2. The third kappa shape index (κ3) is 4.30. The zero-order chi connectivity index (χ0) is 18.5. The molecule has 1 aliphatic heterocycles. The number of rotatable bonds is 4. The van der Waals surface area contributed by atoms with Gasteiger partial charge in [-0.2, -0.15) is 0 Å². The summed E-state index contributed by atoms with van der Waals surface area (Å²) in [5, 5.41) is 12.3. The van der Waals surface area contributed by atoms with Crippen LogP contribution in [0, 0.1) is 5.82 Å². The molecule has 2 aromatic carbocycles. The van der Waals surface area contributed by atoms with E-state index >= 15 is 0 Å². The van der Waals surface area contributed by atoms with Gasteiger partial charge in [-0.05, 0) is 43.4 Å². The Hall–Kier alpha value is -2.64. The SMILES string of the molecule is CN1CCN(C(=O)Nc2ccccc2Oc2ccc(F)cc2)C[C@@H]1CO. The molecular formula is C19H22FN3O3. The molecule has 138 valence electrons. The molecule has 3 rings (SSSR count). The van der Waals surface area contributed by atoms with Crippen molar-refractivity contribution in [3.05, 3.63) is 54.3 Å². The van der Waals surface area contributed by atoms with Crippen molar-refractivity contribution >= 4 is 11.7 Å². The molecule has 1 aliphatic rings. The van der Waals surface area contributed by atoms with Crippen molar-refractivity contribution in [1.82, 2.24) is 9.80 Å². The minimum absolute atomic E-state index is 0.00451. The van der Waals surface area contributed by atoms with Crippen molar-refractivity contribution in [1.29, 1.82) is 0 Å². The van der Waals surface area contributed by atoms with Crippen LogP contribution in [0.2, 0.25) is 0 Å². The van der Waals surface area contributed by atoms with Crippen LogP contribution in [0.1, 0.15) is 0 Å². The molecule has 0 saturated carbocycles. The number of hydrogen-bond acceptors (Lipinski definition) is 4. The fraction of sp³-hybridized carbons (Fsp3) is 0.316. The number of urea groups is 1. The summed E-state index contributed by atoms with van der Waals surface area (Å²) in [7, 11) is 1.93. The van der Waals surface area contributed by atoms with Gasteiger partial charge in [0.2, 0.25) is 0 Å². The van der Waals surface area contributed by atoms with E-state index in [2.05, 4.69) is 5.32 Å². The molecule has 1 saturated heterocycles. The molecule has 1 heterocycles. The Morgan fingerprint density at radius 3 is 2.69 bits per heavy atom. The first-order chi connectivity index (χ1) is 12.6. The predicted molar refractivity (Wildman–Crippen MR) is 97.0 cm³/mol. The zero-order valence-corrected chi connectivity index (χ0v) is 14.6. The third-order valence-electron chi connectivity index (χ3n) is 4.45. The van der Waals surface area contributed by atoms with E-state index in [4.69, 9.17) is 4.74 Å². The van der Waals surface area contributed by atoms with Crippen molar-refractivity contribution < 1.29 is 19.0 Å². The maximum atomic E-state index is 13.0. The van der Waals surface area contributed by atoms with E-state index in [9.17, 15) is 14.3 Å². The third-order valence-corrected chi connectivity index (χ3v) is 4.45. The number of benzene rings is 2. The van der Waals surface area contributed by atoms with Gasteiger partial charge in [0.1, 0.15) is 11.6 Å². The van der Waals surface area contributed by atoms with E-state index in [0.717, 1.165) is 0 Å². The van der Waals surface area contributed by atoms with E-state index in [1.54, 1.807) is 29.2 Å². The highest BCUT2D eigenvalue weighted by atomic mass is 19.1. The van der Waals surface area contributed by atoms with Crippen LogP contribution in [0.3, 0.4) is 0 Å². The molecule has 2 N–H and O–H groups in total. The van der Waals surface area contributed by atoms with Crippen LogP contribution >= 0.6 is 0 Å². The van der Waals surface area contributed by atoms with Gasteiger partial charge < -0.3 is 20.1 Å². The number of piperazine rings is 1. The Bertz CT molecular complexity index is 754. The first-order valence-corrected chi connectivity index (χ1v) is 8.46. The number of likely N-dealkylation sites (N-methyl/N-ethyl adjacent to an activating group) is 1. The summed E-state index contributed by atoms with van der Waals surface area (Å²) < 4.78 is 18.8. The topological polar surface area (TPSA) is 65.0 Å². The van der Waals surface area contributed by atoms with Crippen LogP contribution in [-0.2, 0) is 0 Å². The van der Waals surface area contributed by atoms with Crippen LogP contribution in [-0.4, -0.2) is 60.3 Å². The van der Waals surface area contributed by atoms with Gasteiger partial charge in [0.25, 0.3) is 0 Å². The van der Waals surface area contributed by atoms with E-state index < -0.39 is 0 Å². The summed E-state index contributed by atoms with van der Waals surface area (Å²) in [6.45, 7) is 1.75. The average molecular weight is 359 g/mol. The number of aliphatic hydroxyl groups excluding tert-OH is 1. The number of anilines is 1. The van der Waals surface area contributed by atoms with Gasteiger partial charge in [0.15, 0.2) is 5.75 Å². The lowest BCUT2D eigenvalue weighted by Gasteiger charge is -2.38. The van der Waals surface area contributed by atoms with E-state index in [0.29, 0.717) is 36.8 Å². The van der Waals surface area contributed by atoms with Crippen LogP contribution in [0.15, 0.2) is 48.5 Å². The van der Waals surface area contributed by atoms with E-state index in [-0.39, 0.29) is 24.5 Å². The number of halogens is 1. The fourth-order valence-corrected chi connectivity index (χ4v) is 2.81. The molecule has 6 nitrogen and oxygen atoms in total. The maximum Gasteiger partial charge on any atom is 0.322 e. The Labute approximate surface area is 151 Å². The van der Waals surface area contributed by atoms with Crippen LogP contribution in [0.4, 0.5) is 14.9 Å². The van der Waals surface area contributed by atoms with E-state index in [1.165, 1.54) is 24.3 Å². The zero-order valence-electron chi connectivity index (χ0n) is 14.6. The molecule has 1 atom stereocenters. The number of aliphatic hydroxyl groups is 1. The Morgan fingerprint density at radius 1 is 1.23 bits per heavy atom. The average Bonchev–Trinajstić information content (AvgIpc) is 2.65. The minimum atomic E-state index is -0.340. The first kappa shape index (κ1) is 18.2. The molecule has 0 aliphatic carbocycles. The second kappa shape index (κ2) is 8.16. The number of hydrogen-bond donors (Lipinski definition) is 2. The maximum absolute atomic E-state index is 13.0. The number of carbonyl (C=O) groups excluding carboxylic acids is 1. The van der Waals surface area contributed by atoms with Gasteiger partial charge in [-0.1, -0.05) is 12.1 Å². The Morgan fingerprint density at radius 2 is 1.96 bits per heavy atom. The molecule has 26 heavy (non-hydrogen) atoms. The van der Waals surface area contributed by atoms with Crippen molar-refractivity contribution in [2.75, 3.05) is 38.6 Å². The molecule has 0 radical (unpaired) electrons. The molecule has 2 amide bonds. The summed E-state index contributed by atoms with van der Waals surface area (Å²) >= 11 is 0. The molecule has 0 aromatic heterocycles. The molecule has 0 spiro atoms. The second-order valence-corrected chi connectivity index (χ2v) is 6.25. The van der Waals surface area contributed by atoms with Crippen LogP contribution in [0.25, 0.3) is 0 Å². The number of nitrogens with zero attached hydrogens (tertiary/aromatic N) is 2. The molecule has 7 heteroatoms. The van der Waals surface area contributed by atoms with Gasteiger partial charge in [-0.15, -0.1) is 0 Å². The molecule has 1 fully saturated rings. The van der Waals surface area contributed by atoms with Crippen LogP contribution in [0.5, 0.6) is 11.5 Å². The predicted octanol–water partition coefficient (Wildman–Crippen LogP) is 2.76. The summed E-state index contributed by atoms with van der Waals surface area (Å²) in [6.07, 6.45) is 0. The van der Waals surface area contributed by atoms with Gasteiger partial charge in [-0.25, -0.2) is 9.18 Å². The Kier molecular flexibility index (Phi) is 5.70. The van der Waals surface area contributed by atoms with Gasteiger partial charge in [0.05, 0.1) is 18.3 Å². The number of para-hydroxylation sites is 2.